The summed E-state index contributed by atoms with van der Waals surface area (Å²) in [6, 6.07) is 9.09. The summed E-state index contributed by atoms with van der Waals surface area (Å²) in [5.74, 6) is 0.693. The fraction of sp³-hybridized carbons (Fsp3) is 0.364. The molecule has 0 atom stereocenters. The molecule has 1 aromatic carbocycles. The minimum Gasteiger partial charge on any atom is -0.493 e. The summed E-state index contributed by atoms with van der Waals surface area (Å²) >= 11 is 1.15. The smallest absolute Gasteiger partial charge is 0.340 e. The molecule has 0 aliphatic rings. The van der Waals surface area contributed by atoms with Crippen LogP contribution in [0.5, 0.6) is 11.5 Å². The number of nitriles is 1. The molecule has 164 valence electrons. The fourth-order valence-electron chi connectivity index (χ4n) is 2.76. The van der Waals surface area contributed by atoms with E-state index in [1.807, 2.05) is 24.3 Å². The van der Waals surface area contributed by atoms with Crippen molar-refractivity contribution in [2.24, 2.45) is 0 Å². The zero-order valence-electron chi connectivity index (χ0n) is 18.0. The lowest BCUT2D eigenvalue weighted by Crippen LogP contribution is -2.27. The third-order valence-electron chi connectivity index (χ3n) is 4.32. The highest BCUT2D eigenvalue weighted by Gasteiger charge is 2.17. The largest absolute Gasteiger partial charge is 0.493 e. The number of rotatable bonds is 10. The number of aromatic nitrogens is 1. The van der Waals surface area contributed by atoms with Crippen LogP contribution in [0, 0.1) is 18.3 Å². The van der Waals surface area contributed by atoms with Crippen LogP contribution in [0.15, 0.2) is 29.3 Å². The molecule has 0 spiro atoms. The molecule has 1 heterocycles. The summed E-state index contributed by atoms with van der Waals surface area (Å²) in [5, 5.41) is 12.6. The Balaban J connectivity index is 1.92. The Morgan fingerprint density at radius 3 is 2.58 bits per heavy atom. The third-order valence-corrected chi connectivity index (χ3v) is 5.31. The van der Waals surface area contributed by atoms with Crippen LogP contribution in [0.2, 0.25) is 0 Å². The number of benzene rings is 1. The molecule has 1 N–H and O–H groups in total. The van der Waals surface area contributed by atoms with Crippen LogP contribution in [-0.2, 0) is 16.0 Å². The molecule has 8 nitrogen and oxygen atoms in total. The van der Waals surface area contributed by atoms with Crippen molar-refractivity contribution in [1.82, 2.24) is 10.3 Å². The standard InChI is InChI=1S/C22H25N3O5S/c1-5-30-22(27)17-11-16(12-23)21(25-14(17)2)31-13-20(26)24-9-8-15-6-7-18(28-3)19(10-15)29-4/h6-7,10-11H,5,8-9,13H2,1-4H3,(H,24,26). The first-order valence-corrected chi connectivity index (χ1v) is 10.6. The number of nitrogens with zero attached hydrogens (tertiary/aromatic N) is 2. The van der Waals surface area contributed by atoms with Gasteiger partial charge in [-0.25, -0.2) is 9.78 Å². The van der Waals surface area contributed by atoms with Crippen LogP contribution >= 0.6 is 11.8 Å². The molecule has 1 amide bonds. The van der Waals surface area contributed by atoms with E-state index in [0.717, 1.165) is 17.3 Å². The molecule has 0 aliphatic heterocycles. The van der Waals surface area contributed by atoms with Crippen LogP contribution in [0.3, 0.4) is 0 Å². The second-order valence-corrected chi connectivity index (χ2v) is 7.35. The van der Waals surface area contributed by atoms with Gasteiger partial charge in [-0.1, -0.05) is 17.8 Å². The van der Waals surface area contributed by atoms with Crippen molar-refractivity contribution < 1.29 is 23.8 Å². The van der Waals surface area contributed by atoms with Gasteiger partial charge in [-0.15, -0.1) is 0 Å². The summed E-state index contributed by atoms with van der Waals surface area (Å²) in [6.45, 7) is 4.06. The average molecular weight is 444 g/mol. The van der Waals surface area contributed by atoms with Gasteiger partial charge in [0.2, 0.25) is 5.91 Å². The van der Waals surface area contributed by atoms with E-state index in [1.165, 1.54) is 6.07 Å². The van der Waals surface area contributed by atoms with E-state index in [0.29, 0.717) is 35.2 Å². The van der Waals surface area contributed by atoms with Gasteiger partial charge in [0.15, 0.2) is 11.5 Å². The highest BCUT2D eigenvalue weighted by molar-refractivity contribution is 8.00. The van der Waals surface area contributed by atoms with E-state index in [2.05, 4.69) is 10.3 Å². The highest BCUT2D eigenvalue weighted by Crippen LogP contribution is 2.27. The van der Waals surface area contributed by atoms with Gasteiger partial charge in [-0.3, -0.25) is 4.79 Å². The summed E-state index contributed by atoms with van der Waals surface area (Å²) < 4.78 is 15.5. The molecule has 0 aliphatic carbocycles. The number of hydrogen-bond acceptors (Lipinski definition) is 8. The van der Waals surface area contributed by atoms with Crippen LogP contribution in [0.4, 0.5) is 0 Å². The van der Waals surface area contributed by atoms with Gasteiger partial charge in [-0.2, -0.15) is 5.26 Å². The quantitative estimate of drug-likeness (QED) is 0.441. The maximum Gasteiger partial charge on any atom is 0.340 e. The Hall–Kier alpha value is -3.25. The number of carbonyl (C=O) groups is 2. The number of hydrogen-bond donors (Lipinski definition) is 1. The second kappa shape index (κ2) is 11.8. The molecule has 0 fully saturated rings. The Morgan fingerprint density at radius 1 is 1.19 bits per heavy atom. The van der Waals surface area contributed by atoms with Crippen molar-refractivity contribution in [3.05, 3.63) is 46.6 Å². The predicted molar refractivity (Wildman–Crippen MR) is 117 cm³/mol. The number of carbonyl (C=O) groups excluding carboxylic acids is 2. The van der Waals surface area contributed by atoms with Crippen LogP contribution in [0.1, 0.15) is 34.1 Å². The third kappa shape index (κ3) is 6.62. The first kappa shape index (κ1) is 24.0. The monoisotopic (exact) mass is 443 g/mol. The van der Waals surface area contributed by atoms with Gasteiger partial charge in [0.25, 0.3) is 0 Å². The van der Waals surface area contributed by atoms with E-state index < -0.39 is 5.97 Å². The maximum absolute atomic E-state index is 12.2. The number of amides is 1. The molecular formula is C22H25N3O5S. The van der Waals surface area contributed by atoms with Gasteiger partial charge >= 0.3 is 5.97 Å². The van der Waals surface area contributed by atoms with Crippen molar-refractivity contribution in [3.63, 3.8) is 0 Å². The SMILES string of the molecule is CCOC(=O)c1cc(C#N)c(SCC(=O)NCCc2ccc(OC)c(OC)c2)nc1C. The van der Waals surface area contributed by atoms with Crippen LogP contribution < -0.4 is 14.8 Å². The molecule has 2 aromatic rings. The number of aryl methyl sites for hydroxylation is 1. The van der Waals surface area contributed by atoms with Crippen molar-refractivity contribution in [2.75, 3.05) is 33.1 Å². The number of nitrogens with one attached hydrogen (secondary N) is 1. The maximum atomic E-state index is 12.2. The van der Waals surface area contributed by atoms with Gasteiger partial charge in [0, 0.05) is 6.54 Å². The highest BCUT2D eigenvalue weighted by atomic mass is 32.2. The minimum absolute atomic E-state index is 0.103. The summed E-state index contributed by atoms with van der Waals surface area (Å²) in [6.07, 6.45) is 0.631. The predicted octanol–water partition coefficient (Wildman–Crippen LogP) is 2.91. The Labute approximate surface area is 185 Å². The summed E-state index contributed by atoms with van der Waals surface area (Å²) in [5.41, 5.74) is 1.94. The summed E-state index contributed by atoms with van der Waals surface area (Å²) in [4.78, 5) is 28.5. The zero-order valence-corrected chi connectivity index (χ0v) is 18.8. The fourth-order valence-corrected chi connectivity index (χ4v) is 3.59. The van der Waals surface area contributed by atoms with Gasteiger partial charge < -0.3 is 19.5 Å². The topological polar surface area (TPSA) is 111 Å². The number of methoxy groups -OCH3 is 2. The lowest BCUT2D eigenvalue weighted by atomic mass is 10.1. The molecule has 0 radical (unpaired) electrons. The first-order valence-electron chi connectivity index (χ1n) is 9.62. The molecule has 31 heavy (non-hydrogen) atoms. The Morgan fingerprint density at radius 2 is 1.94 bits per heavy atom. The molecule has 9 heteroatoms. The lowest BCUT2D eigenvalue weighted by molar-refractivity contribution is -0.118. The first-order chi connectivity index (χ1) is 14.9. The van der Waals surface area contributed by atoms with Crippen molar-refractivity contribution in [1.29, 1.82) is 5.26 Å². The van der Waals surface area contributed by atoms with E-state index >= 15 is 0 Å². The number of pyridine rings is 1. The van der Waals surface area contributed by atoms with Gasteiger partial charge in [0.05, 0.1) is 43.4 Å². The van der Waals surface area contributed by atoms with Crippen molar-refractivity contribution >= 4 is 23.6 Å². The van der Waals surface area contributed by atoms with Crippen LogP contribution in [-0.4, -0.2) is 50.0 Å². The molecule has 1 aromatic heterocycles. The summed E-state index contributed by atoms with van der Waals surface area (Å²) in [7, 11) is 3.15. The number of esters is 1. The van der Waals surface area contributed by atoms with E-state index in [-0.39, 0.29) is 29.4 Å². The Bertz CT molecular complexity index is 988. The van der Waals surface area contributed by atoms with Crippen molar-refractivity contribution in [2.45, 2.75) is 25.3 Å². The molecule has 0 saturated heterocycles. The molecular weight excluding hydrogens is 418 g/mol. The Kier molecular flexibility index (Phi) is 9.15. The number of thioether (sulfide) groups is 1. The molecule has 2 rings (SSSR count). The minimum atomic E-state index is -0.520. The molecule has 0 saturated carbocycles. The van der Waals surface area contributed by atoms with E-state index in [9.17, 15) is 14.9 Å². The average Bonchev–Trinajstić information content (AvgIpc) is 2.77. The van der Waals surface area contributed by atoms with Gasteiger partial charge in [0.1, 0.15) is 11.1 Å². The van der Waals surface area contributed by atoms with Crippen molar-refractivity contribution in [3.8, 4) is 17.6 Å². The van der Waals surface area contributed by atoms with E-state index in [1.54, 1.807) is 28.1 Å². The van der Waals surface area contributed by atoms with E-state index in [4.69, 9.17) is 14.2 Å². The molecule has 0 bridgehead atoms. The molecule has 0 unspecified atom stereocenters. The second-order valence-electron chi connectivity index (χ2n) is 6.38. The van der Waals surface area contributed by atoms with Gasteiger partial charge in [-0.05, 0) is 44.0 Å². The lowest BCUT2D eigenvalue weighted by Gasteiger charge is -2.11. The zero-order chi connectivity index (χ0) is 22.8. The number of ether oxygens (including phenoxy) is 3. The normalized spacial score (nSPS) is 10.2. The van der Waals surface area contributed by atoms with Crippen LogP contribution in [0.25, 0.3) is 0 Å².